The molecule has 0 spiro atoms. The lowest BCUT2D eigenvalue weighted by Gasteiger charge is -2.44. The van der Waals surface area contributed by atoms with Crippen molar-refractivity contribution in [3.05, 3.63) is 35.5 Å². The summed E-state index contributed by atoms with van der Waals surface area (Å²) in [5.41, 5.74) is 4.30. The fourth-order valence-corrected chi connectivity index (χ4v) is 6.26. The van der Waals surface area contributed by atoms with E-state index in [2.05, 4.69) is 39.5 Å². The summed E-state index contributed by atoms with van der Waals surface area (Å²) in [4.78, 5) is 0. The van der Waals surface area contributed by atoms with Gasteiger partial charge in [0.05, 0.1) is 12.8 Å². The van der Waals surface area contributed by atoms with E-state index in [0.29, 0.717) is 29.1 Å². The van der Waals surface area contributed by atoms with Gasteiger partial charge in [-0.1, -0.05) is 50.6 Å². The van der Waals surface area contributed by atoms with Crippen LogP contribution in [0.4, 0.5) is 4.39 Å². The first-order chi connectivity index (χ1) is 12.4. The Hall–Kier alpha value is -0.890. The second-order valence-electron chi connectivity index (χ2n) is 9.52. The maximum absolute atomic E-state index is 12.9. The molecule has 146 valence electrons. The molecule has 26 heavy (non-hydrogen) atoms. The first kappa shape index (κ1) is 19.9. The van der Waals surface area contributed by atoms with Crippen LogP contribution in [-0.4, -0.2) is 17.9 Å². The lowest BCUT2D eigenvalue weighted by atomic mass is 9.61. The van der Waals surface area contributed by atoms with Crippen LogP contribution in [0.5, 0.6) is 0 Å². The Morgan fingerprint density at radius 3 is 2.77 bits per heavy atom. The molecule has 0 radical (unpaired) electrons. The molecule has 3 saturated carbocycles. The van der Waals surface area contributed by atoms with Crippen molar-refractivity contribution in [1.82, 2.24) is 0 Å². The third-order valence-electron chi connectivity index (χ3n) is 7.91. The number of hydrogen-bond donors (Lipinski definition) is 1. The number of allylic oxidation sites excluding steroid dienone is 3. The fraction of sp³-hybridized carbons (Fsp3) is 0.750. The second kappa shape index (κ2) is 8.00. The molecule has 3 aliphatic rings. The molecule has 1 nitrogen and oxygen atoms in total. The lowest BCUT2D eigenvalue weighted by Crippen LogP contribution is -2.36. The zero-order valence-corrected chi connectivity index (χ0v) is 16.9. The van der Waals surface area contributed by atoms with Crippen molar-refractivity contribution in [1.29, 1.82) is 0 Å². The summed E-state index contributed by atoms with van der Waals surface area (Å²) in [6.45, 7) is 10.7. The summed E-state index contributed by atoms with van der Waals surface area (Å²) in [6.07, 6.45) is 13.1. The Bertz CT molecular complexity index is 573. The van der Waals surface area contributed by atoms with Crippen molar-refractivity contribution < 1.29 is 9.50 Å². The van der Waals surface area contributed by atoms with E-state index in [1.165, 1.54) is 37.7 Å². The van der Waals surface area contributed by atoms with E-state index in [1.54, 1.807) is 5.57 Å². The standard InChI is InChI=1S/C24H37FO/c1-16(11-13-25)21-9-10-22-20(6-5-12-24(21,22)4)8-7-19-14-17(2)18(3)23(26)15-19/h7-8,16-17,21-23,26H,3,5-6,9-15H2,1-2,4H3/b19-7+,20-8+/t16-,17-,21?,22?,23-,24-/m1/s1. The molecule has 2 heteroatoms. The minimum absolute atomic E-state index is 0.182. The third kappa shape index (κ3) is 3.72. The first-order valence-electron chi connectivity index (χ1n) is 10.7. The molecule has 6 atom stereocenters. The maximum Gasteiger partial charge on any atom is 0.0897 e. The third-order valence-corrected chi connectivity index (χ3v) is 7.91. The molecule has 0 aromatic heterocycles. The van der Waals surface area contributed by atoms with Gasteiger partial charge in [-0.25, -0.2) is 0 Å². The number of halogens is 1. The smallest absolute Gasteiger partial charge is 0.0897 e. The predicted octanol–water partition coefficient (Wildman–Crippen LogP) is 6.40. The average molecular weight is 361 g/mol. The van der Waals surface area contributed by atoms with Crippen molar-refractivity contribution in [2.24, 2.45) is 29.1 Å². The van der Waals surface area contributed by atoms with E-state index < -0.39 is 0 Å². The van der Waals surface area contributed by atoms with Crippen LogP contribution in [0, 0.1) is 29.1 Å². The summed E-state index contributed by atoms with van der Waals surface area (Å²) in [5, 5.41) is 10.2. The summed E-state index contributed by atoms with van der Waals surface area (Å²) in [7, 11) is 0. The molecular formula is C24H37FO. The second-order valence-corrected chi connectivity index (χ2v) is 9.52. The zero-order valence-electron chi connectivity index (χ0n) is 16.9. The molecule has 0 bridgehead atoms. The van der Waals surface area contributed by atoms with Gasteiger partial charge < -0.3 is 5.11 Å². The first-order valence-corrected chi connectivity index (χ1v) is 10.7. The number of rotatable bonds is 4. The van der Waals surface area contributed by atoms with Crippen LogP contribution >= 0.6 is 0 Å². The van der Waals surface area contributed by atoms with E-state index in [9.17, 15) is 9.50 Å². The lowest BCUT2D eigenvalue weighted by molar-refractivity contribution is 0.0914. The van der Waals surface area contributed by atoms with Gasteiger partial charge in [0, 0.05) is 0 Å². The molecule has 0 aliphatic heterocycles. The van der Waals surface area contributed by atoms with Crippen LogP contribution in [0.3, 0.4) is 0 Å². The van der Waals surface area contributed by atoms with Gasteiger partial charge in [0.15, 0.2) is 0 Å². The highest BCUT2D eigenvalue weighted by molar-refractivity contribution is 5.28. The zero-order chi connectivity index (χ0) is 18.9. The molecule has 3 aliphatic carbocycles. The number of aliphatic hydroxyl groups excluding tert-OH is 1. The molecule has 3 rings (SSSR count). The number of hydrogen-bond acceptors (Lipinski definition) is 1. The molecule has 2 unspecified atom stereocenters. The Morgan fingerprint density at radius 1 is 1.31 bits per heavy atom. The highest BCUT2D eigenvalue weighted by Gasteiger charge is 2.50. The van der Waals surface area contributed by atoms with Gasteiger partial charge in [0.2, 0.25) is 0 Å². The molecule has 0 aromatic carbocycles. The van der Waals surface area contributed by atoms with Gasteiger partial charge in [-0.2, -0.15) is 0 Å². The van der Waals surface area contributed by atoms with Crippen LogP contribution < -0.4 is 0 Å². The highest BCUT2D eigenvalue weighted by Crippen LogP contribution is 2.59. The quantitative estimate of drug-likeness (QED) is 0.575. The van der Waals surface area contributed by atoms with Gasteiger partial charge in [-0.05, 0) is 86.0 Å². The van der Waals surface area contributed by atoms with E-state index in [1.807, 2.05) is 0 Å². The Balaban J connectivity index is 1.76. The van der Waals surface area contributed by atoms with Crippen molar-refractivity contribution in [2.75, 3.05) is 6.67 Å². The topological polar surface area (TPSA) is 20.2 Å². The van der Waals surface area contributed by atoms with Crippen molar-refractivity contribution in [3.8, 4) is 0 Å². The normalized spacial score (nSPS) is 42.3. The molecule has 0 saturated heterocycles. The van der Waals surface area contributed by atoms with Gasteiger partial charge in [0.1, 0.15) is 0 Å². The Labute approximate surface area is 159 Å². The van der Waals surface area contributed by atoms with Crippen molar-refractivity contribution in [3.63, 3.8) is 0 Å². The van der Waals surface area contributed by atoms with E-state index in [-0.39, 0.29) is 12.8 Å². The largest absolute Gasteiger partial charge is 0.388 e. The minimum Gasteiger partial charge on any atom is -0.388 e. The van der Waals surface area contributed by atoms with Crippen LogP contribution in [0.25, 0.3) is 0 Å². The van der Waals surface area contributed by atoms with Gasteiger partial charge in [-0.15, -0.1) is 0 Å². The monoisotopic (exact) mass is 360 g/mol. The maximum atomic E-state index is 12.9. The minimum atomic E-state index is -0.377. The summed E-state index contributed by atoms with van der Waals surface area (Å²) in [6, 6.07) is 0. The van der Waals surface area contributed by atoms with E-state index in [4.69, 9.17) is 0 Å². The number of aliphatic hydroxyl groups is 1. The molecule has 1 N–H and O–H groups in total. The molecule has 0 amide bonds. The van der Waals surface area contributed by atoms with E-state index in [0.717, 1.165) is 24.8 Å². The van der Waals surface area contributed by atoms with E-state index >= 15 is 0 Å². The fourth-order valence-electron chi connectivity index (χ4n) is 6.26. The summed E-state index contributed by atoms with van der Waals surface area (Å²) >= 11 is 0. The molecule has 3 fully saturated rings. The molecular weight excluding hydrogens is 323 g/mol. The molecule has 0 heterocycles. The highest BCUT2D eigenvalue weighted by atomic mass is 19.1. The Kier molecular flexibility index (Phi) is 6.11. The van der Waals surface area contributed by atoms with Crippen LogP contribution in [0.15, 0.2) is 35.5 Å². The summed E-state index contributed by atoms with van der Waals surface area (Å²) < 4.78 is 12.9. The van der Waals surface area contributed by atoms with Crippen molar-refractivity contribution in [2.45, 2.75) is 78.2 Å². The van der Waals surface area contributed by atoms with Gasteiger partial charge in [-0.3, -0.25) is 4.39 Å². The Morgan fingerprint density at radius 2 is 2.08 bits per heavy atom. The number of alkyl halides is 1. The van der Waals surface area contributed by atoms with Crippen LogP contribution in [-0.2, 0) is 0 Å². The van der Waals surface area contributed by atoms with Crippen LogP contribution in [0.1, 0.15) is 72.1 Å². The van der Waals surface area contributed by atoms with Gasteiger partial charge in [0.25, 0.3) is 0 Å². The summed E-state index contributed by atoms with van der Waals surface area (Å²) in [5.74, 6) is 2.20. The van der Waals surface area contributed by atoms with Gasteiger partial charge >= 0.3 is 0 Å². The SMILES string of the molecule is C=C1[C@H](C)C/C(=C\C=C2/CCC[C@@]3(C)C2CCC3[C@H](C)CCF)C[C@H]1O. The predicted molar refractivity (Wildman–Crippen MR) is 108 cm³/mol. The van der Waals surface area contributed by atoms with Crippen LogP contribution in [0.2, 0.25) is 0 Å². The van der Waals surface area contributed by atoms with Crippen molar-refractivity contribution >= 4 is 0 Å². The molecule has 0 aromatic rings. The average Bonchev–Trinajstić information content (AvgIpc) is 2.95. The number of fused-ring (bicyclic) bond motifs is 1.